The molecule has 19 heavy (non-hydrogen) atoms. The van der Waals surface area contributed by atoms with Crippen molar-refractivity contribution in [1.29, 1.82) is 0 Å². The maximum atomic E-state index is 11.3. The number of carbonyl (C=O) groups excluding carboxylic acids is 1. The summed E-state index contributed by atoms with van der Waals surface area (Å²) in [4.78, 5) is 11.3. The molecule has 0 aromatic heterocycles. The van der Waals surface area contributed by atoms with E-state index in [0.29, 0.717) is 23.1 Å². The lowest BCUT2D eigenvalue weighted by molar-refractivity contribution is -0.142. The first-order valence-corrected chi connectivity index (χ1v) is 6.12. The van der Waals surface area contributed by atoms with E-state index in [1.54, 1.807) is 20.1 Å². The molecule has 106 valence electrons. The monoisotopic (exact) mass is 287 g/mol. The zero-order chi connectivity index (χ0) is 14.4. The SMILES string of the molecule is COC(=O)[C@H](C)NCc1cc(Cl)c(OC)c(OC)c1. The van der Waals surface area contributed by atoms with Crippen LogP contribution in [0.4, 0.5) is 0 Å². The van der Waals surface area contributed by atoms with E-state index in [1.807, 2.05) is 6.07 Å². The first-order chi connectivity index (χ1) is 9.03. The second-order valence-corrected chi connectivity index (χ2v) is 4.35. The predicted octanol–water partition coefficient (Wildman–Crippen LogP) is 2.01. The Hall–Kier alpha value is -1.46. The molecule has 0 radical (unpaired) electrons. The molecule has 0 amide bonds. The maximum Gasteiger partial charge on any atom is 0.322 e. The van der Waals surface area contributed by atoms with Crippen molar-refractivity contribution in [2.75, 3.05) is 21.3 Å². The molecule has 0 fully saturated rings. The van der Waals surface area contributed by atoms with Gasteiger partial charge in [0, 0.05) is 6.54 Å². The normalized spacial score (nSPS) is 11.8. The summed E-state index contributed by atoms with van der Waals surface area (Å²) in [6, 6.07) is 3.18. The highest BCUT2D eigenvalue weighted by molar-refractivity contribution is 6.32. The van der Waals surface area contributed by atoms with Gasteiger partial charge in [-0.25, -0.2) is 0 Å². The minimum Gasteiger partial charge on any atom is -0.493 e. The second kappa shape index (κ2) is 7.21. The molecule has 0 aliphatic rings. The highest BCUT2D eigenvalue weighted by atomic mass is 35.5. The van der Waals surface area contributed by atoms with E-state index in [-0.39, 0.29) is 5.97 Å². The van der Waals surface area contributed by atoms with Crippen molar-refractivity contribution in [3.63, 3.8) is 0 Å². The van der Waals surface area contributed by atoms with Crippen LogP contribution in [-0.4, -0.2) is 33.3 Å². The number of halogens is 1. The van der Waals surface area contributed by atoms with Gasteiger partial charge >= 0.3 is 5.97 Å². The van der Waals surface area contributed by atoms with Gasteiger partial charge < -0.3 is 19.5 Å². The van der Waals surface area contributed by atoms with Crippen molar-refractivity contribution in [2.45, 2.75) is 19.5 Å². The van der Waals surface area contributed by atoms with Gasteiger partial charge in [0.05, 0.1) is 26.4 Å². The molecule has 1 aromatic carbocycles. The van der Waals surface area contributed by atoms with E-state index in [2.05, 4.69) is 10.1 Å². The van der Waals surface area contributed by atoms with Crippen LogP contribution in [0.3, 0.4) is 0 Å². The number of ether oxygens (including phenoxy) is 3. The molecule has 6 heteroatoms. The van der Waals surface area contributed by atoms with E-state index in [0.717, 1.165) is 5.56 Å². The summed E-state index contributed by atoms with van der Waals surface area (Å²) in [6.45, 7) is 2.20. The first-order valence-electron chi connectivity index (χ1n) is 5.75. The molecule has 0 aliphatic heterocycles. The van der Waals surface area contributed by atoms with Gasteiger partial charge in [0.25, 0.3) is 0 Å². The summed E-state index contributed by atoms with van der Waals surface area (Å²) in [5.41, 5.74) is 0.887. The van der Waals surface area contributed by atoms with Crippen LogP contribution in [0.5, 0.6) is 11.5 Å². The highest BCUT2D eigenvalue weighted by Crippen LogP contribution is 2.35. The maximum absolute atomic E-state index is 11.3. The summed E-state index contributed by atoms with van der Waals surface area (Å²) in [6.07, 6.45) is 0. The van der Waals surface area contributed by atoms with E-state index >= 15 is 0 Å². The number of methoxy groups -OCH3 is 3. The Balaban J connectivity index is 2.80. The zero-order valence-electron chi connectivity index (χ0n) is 11.5. The number of hydrogen-bond donors (Lipinski definition) is 1. The number of hydrogen-bond acceptors (Lipinski definition) is 5. The van der Waals surface area contributed by atoms with Crippen molar-refractivity contribution in [1.82, 2.24) is 5.32 Å². The van der Waals surface area contributed by atoms with Crippen LogP contribution < -0.4 is 14.8 Å². The quantitative estimate of drug-likeness (QED) is 0.811. The molecule has 0 bridgehead atoms. The third-order valence-corrected chi connectivity index (χ3v) is 2.94. The van der Waals surface area contributed by atoms with Crippen molar-refractivity contribution >= 4 is 17.6 Å². The molecule has 5 nitrogen and oxygen atoms in total. The van der Waals surface area contributed by atoms with E-state index in [9.17, 15) is 4.79 Å². The lowest BCUT2D eigenvalue weighted by atomic mass is 10.2. The van der Waals surface area contributed by atoms with Gasteiger partial charge in [0.2, 0.25) is 0 Å². The Bertz CT molecular complexity index is 451. The number of carbonyl (C=O) groups is 1. The molecular weight excluding hydrogens is 270 g/mol. The molecule has 1 atom stereocenters. The fourth-order valence-corrected chi connectivity index (χ4v) is 1.91. The van der Waals surface area contributed by atoms with Crippen LogP contribution in [0.15, 0.2) is 12.1 Å². The van der Waals surface area contributed by atoms with Gasteiger partial charge in [-0.1, -0.05) is 11.6 Å². The fourth-order valence-electron chi connectivity index (χ4n) is 1.60. The van der Waals surface area contributed by atoms with Crippen LogP contribution in [-0.2, 0) is 16.1 Å². The Morgan fingerprint density at radius 1 is 1.32 bits per heavy atom. The van der Waals surface area contributed by atoms with Crippen LogP contribution >= 0.6 is 11.6 Å². The van der Waals surface area contributed by atoms with Crippen LogP contribution in [0.2, 0.25) is 5.02 Å². The van der Waals surface area contributed by atoms with E-state index < -0.39 is 6.04 Å². The van der Waals surface area contributed by atoms with Crippen molar-refractivity contribution in [2.24, 2.45) is 0 Å². The first kappa shape index (κ1) is 15.6. The Labute approximate surface area is 117 Å². The summed E-state index contributed by atoms with van der Waals surface area (Å²) < 4.78 is 15.0. The van der Waals surface area contributed by atoms with Gasteiger partial charge in [-0.15, -0.1) is 0 Å². The van der Waals surface area contributed by atoms with E-state index in [4.69, 9.17) is 21.1 Å². The topological polar surface area (TPSA) is 56.8 Å². The molecule has 0 spiro atoms. The van der Waals surface area contributed by atoms with Gasteiger partial charge in [0.1, 0.15) is 6.04 Å². The molecule has 1 aromatic rings. The molecule has 1 N–H and O–H groups in total. The van der Waals surface area contributed by atoms with E-state index in [1.165, 1.54) is 14.2 Å². The third kappa shape index (κ3) is 4.01. The Morgan fingerprint density at radius 3 is 2.53 bits per heavy atom. The molecule has 0 aliphatic carbocycles. The van der Waals surface area contributed by atoms with Crippen molar-refractivity contribution in [3.05, 3.63) is 22.7 Å². The smallest absolute Gasteiger partial charge is 0.322 e. The third-order valence-electron chi connectivity index (χ3n) is 2.66. The summed E-state index contributed by atoms with van der Waals surface area (Å²) >= 11 is 6.09. The average molecular weight is 288 g/mol. The zero-order valence-corrected chi connectivity index (χ0v) is 12.2. The molecule has 1 rings (SSSR count). The summed E-state index contributed by atoms with van der Waals surface area (Å²) in [5.74, 6) is 0.734. The molecule has 0 unspecified atom stereocenters. The largest absolute Gasteiger partial charge is 0.493 e. The molecule has 0 saturated heterocycles. The minimum atomic E-state index is -0.392. The average Bonchev–Trinajstić information content (AvgIpc) is 2.42. The number of benzene rings is 1. The highest BCUT2D eigenvalue weighted by Gasteiger charge is 2.14. The standard InChI is InChI=1S/C13H18ClNO4/c1-8(13(16)19-4)15-7-9-5-10(14)12(18-3)11(6-9)17-2/h5-6,8,15H,7H2,1-4H3/t8-/m0/s1. The Morgan fingerprint density at radius 2 is 2.00 bits per heavy atom. The van der Waals surface area contributed by atoms with Gasteiger partial charge in [0.15, 0.2) is 11.5 Å². The van der Waals surface area contributed by atoms with Crippen LogP contribution in [0.1, 0.15) is 12.5 Å². The second-order valence-electron chi connectivity index (χ2n) is 3.94. The molecule has 0 saturated carbocycles. The Kier molecular flexibility index (Phi) is 5.92. The summed E-state index contributed by atoms with van der Waals surface area (Å²) in [7, 11) is 4.43. The van der Waals surface area contributed by atoms with Gasteiger partial charge in [-0.3, -0.25) is 4.79 Å². The fraction of sp³-hybridized carbons (Fsp3) is 0.462. The number of esters is 1. The molecular formula is C13H18ClNO4. The number of nitrogens with one attached hydrogen (secondary N) is 1. The number of rotatable bonds is 6. The minimum absolute atomic E-state index is 0.313. The van der Waals surface area contributed by atoms with Crippen molar-refractivity contribution in [3.8, 4) is 11.5 Å². The molecule has 0 heterocycles. The van der Waals surface area contributed by atoms with Crippen LogP contribution in [0.25, 0.3) is 0 Å². The lowest BCUT2D eigenvalue weighted by Crippen LogP contribution is -2.34. The van der Waals surface area contributed by atoms with Gasteiger partial charge in [-0.2, -0.15) is 0 Å². The van der Waals surface area contributed by atoms with Gasteiger partial charge in [-0.05, 0) is 24.6 Å². The lowest BCUT2D eigenvalue weighted by Gasteiger charge is -2.14. The van der Waals surface area contributed by atoms with Crippen molar-refractivity contribution < 1.29 is 19.0 Å². The van der Waals surface area contributed by atoms with Crippen LogP contribution in [0, 0.1) is 0 Å². The predicted molar refractivity (Wildman–Crippen MR) is 72.9 cm³/mol. The summed E-state index contributed by atoms with van der Waals surface area (Å²) in [5, 5.41) is 3.50.